The molecular weight excluding hydrogens is 404 g/mol. The quantitative estimate of drug-likeness (QED) is 0.218. The Morgan fingerprint density at radius 2 is 1.59 bits per heavy atom. The Morgan fingerprint density at radius 3 is 2.31 bits per heavy atom. The number of rotatable bonds is 12. The van der Waals surface area contributed by atoms with Crippen molar-refractivity contribution in [3.63, 3.8) is 0 Å². The maximum Gasteiger partial charge on any atom is 0.343 e. The first-order valence-corrected chi connectivity index (χ1v) is 11.3. The minimum atomic E-state index is -0.377. The molecule has 0 bridgehead atoms. The predicted molar refractivity (Wildman–Crippen MR) is 127 cm³/mol. The lowest BCUT2D eigenvalue weighted by molar-refractivity contribution is -0.130. The van der Waals surface area contributed by atoms with Crippen LogP contribution < -0.4 is 14.2 Å². The molecule has 0 N–H and O–H groups in total. The lowest BCUT2D eigenvalue weighted by atomic mass is 10.1. The van der Waals surface area contributed by atoms with Crippen LogP contribution >= 0.6 is 0 Å². The highest BCUT2D eigenvalue weighted by molar-refractivity contribution is 6.05. The van der Waals surface area contributed by atoms with Crippen LogP contribution in [-0.2, 0) is 9.53 Å². The fourth-order valence-corrected chi connectivity index (χ4v) is 3.53. The monoisotopic (exact) mass is 436 g/mol. The van der Waals surface area contributed by atoms with E-state index in [-0.39, 0.29) is 5.97 Å². The molecule has 3 rings (SSSR count). The molecule has 32 heavy (non-hydrogen) atoms. The second-order valence-corrected chi connectivity index (χ2v) is 7.75. The maximum atomic E-state index is 12.4. The molecule has 0 fully saturated rings. The van der Waals surface area contributed by atoms with Crippen molar-refractivity contribution in [1.29, 1.82) is 0 Å². The molecule has 2 aromatic carbocycles. The third kappa shape index (κ3) is 6.39. The third-order valence-corrected chi connectivity index (χ3v) is 5.36. The average Bonchev–Trinajstić information content (AvgIpc) is 3.19. The van der Waals surface area contributed by atoms with Crippen molar-refractivity contribution in [1.82, 2.24) is 0 Å². The Bertz CT molecular complexity index is 957. The summed E-state index contributed by atoms with van der Waals surface area (Å²) in [4.78, 5) is 12.4. The molecule has 0 spiro atoms. The zero-order valence-corrected chi connectivity index (χ0v) is 19.2. The van der Waals surface area contributed by atoms with Gasteiger partial charge in [0.05, 0.1) is 26.4 Å². The molecule has 0 saturated heterocycles. The minimum Gasteiger partial charge on any atom is -0.494 e. The van der Waals surface area contributed by atoms with E-state index in [1.807, 2.05) is 36.4 Å². The van der Waals surface area contributed by atoms with Crippen molar-refractivity contribution in [2.45, 2.75) is 45.4 Å². The second kappa shape index (κ2) is 12.0. The van der Waals surface area contributed by atoms with Gasteiger partial charge in [0.15, 0.2) is 11.5 Å². The average molecular weight is 437 g/mol. The molecule has 5 heteroatoms. The molecule has 170 valence electrons. The highest BCUT2D eigenvalue weighted by Crippen LogP contribution is 2.34. The van der Waals surface area contributed by atoms with Crippen LogP contribution in [0, 0.1) is 0 Å². The number of cyclic esters (lactones) is 1. The van der Waals surface area contributed by atoms with E-state index in [1.165, 1.54) is 32.1 Å². The molecule has 0 radical (unpaired) electrons. The molecule has 5 nitrogen and oxygen atoms in total. The smallest absolute Gasteiger partial charge is 0.343 e. The predicted octanol–water partition coefficient (Wildman–Crippen LogP) is 6.42. The summed E-state index contributed by atoms with van der Waals surface area (Å²) in [5.74, 6) is 2.15. The van der Waals surface area contributed by atoms with E-state index in [0.29, 0.717) is 22.8 Å². The number of carbonyl (C=O) groups is 1. The van der Waals surface area contributed by atoms with Gasteiger partial charge in [-0.05, 0) is 54.5 Å². The Hall–Kier alpha value is -3.21. The van der Waals surface area contributed by atoms with Gasteiger partial charge in [0.25, 0.3) is 0 Å². The number of carbonyl (C=O) groups excluding carboxylic acids is 1. The van der Waals surface area contributed by atoms with Crippen molar-refractivity contribution in [3.05, 3.63) is 65.2 Å². The van der Waals surface area contributed by atoms with E-state index in [0.717, 1.165) is 29.9 Å². The molecule has 0 atom stereocenters. The van der Waals surface area contributed by atoms with Crippen molar-refractivity contribution < 1.29 is 23.7 Å². The van der Waals surface area contributed by atoms with E-state index in [2.05, 4.69) is 6.92 Å². The molecule has 1 aliphatic heterocycles. The van der Waals surface area contributed by atoms with Gasteiger partial charge >= 0.3 is 5.97 Å². The first kappa shape index (κ1) is 23.5. The van der Waals surface area contributed by atoms with E-state index < -0.39 is 0 Å². The molecule has 0 aliphatic carbocycles. The first-order valence-electron chi connectivity index (χ1n) is 11.3. The van der Waals surface area contributed by atoms with Crippen molar-refractivity contribution in [3.8, 4) is 17.2 Å². The SMILES string of the molecule is CCCCCCCCOc1ccc(/C=C2/C=C(c3ccc(OC)c(OC)c3)OC2=O)cc1. The van der Waals surface area contributed by atoms with Crippen LogP contribution in [0.2, 0.25) is 0 Å². The number of hydrogen-bond acceptors (Lipinski definition) is 5. The summed E-state index contributed by atoms with van der Waals surface area (Å²) in [5.41, 5.74) is 2.15. The molecule has 2 aromatic rings. The molecular formula is C27H32O5. The van der Waals surface area contributed by atoms with Crippen LogP contribution in [0.15, 0.2) is 54.1 Å². The maximum absolute atomic E-state index is 12.4. The number of ether oxygens (including phenoxy) is 4. The number of hydrogen-bond donors (Lipinski definition) is 0. The summed E-state index contributed by atoms with van der Waals surface area (Å²) in [6, 6.07) is 13.2. The zero-order valence-electron chi connectivity index (χ0n) is 19.2. The number of unbranched alkanes of at least 4 members (excludes halogenated alkanes) is 5. The summed E-state index contributed by atoms with van der Waals surface area (Å²) in [6.45, 7) is 2.96. The van der Waals surface area contributed by atoms with Gasteiger partial charge in [-0.2, -0.15) is 0 Å². The van der Waals surface area contributed by atoms with E-state index in [9.17, 15) is 4.79 Å². The van der Waals surface area contributed by atoms with Gasteiger partial charge in [0.2, 0.25) is 0 Å². The summed E-state index contributed by atoms with van der Waals surface area (Å²) < 4.78 is 21.9. The van der Waals surface area contributed by atoms with Crippen LogP contribution in [0.25, 0.3) is 11.8 Å². The molecule has 0 saturated carbocycles. The first-order chi connectivity index (χ1) is 15.6. The van der Waals surface area contributed by atoms with E-state index in [4.69, 9.17) is 18.9 Å². The Labute approximate surface area is 190 Å². The van der Waals surface area contributed by atoms with Crippen molar-refractivity contribution in [2.24, 2.45) is 0 Å². The van der Waals surface area contributed by atoms with Crippen LogP contribution in [-0.4, -0.2) is 26.8 Å². The highest BCUT2D eigenvalue weighted by atomic mass is 16.5. The topological polar surface area (TPSA) is 54.0 Å². The summed E-state index contributed by atoms with van der Waals surface area (Å²) >= 11 is 0. The van der Waals surface area contributed by atoms with E-state index in [1.54, 1.807) is 32.4 Å². The Kier molecular flexibility index (Phi) is 8.79. The summed E-state index contributed by atoms with van der Waals surface area (Å²) in [7, 11) is 3.15. The van der Waals surface area contributed by atoms with Crippen LogP contribution in [0.5, 0.6) is 17.2 Å². The number of esters is 1. The number of methoxy groups -OCH3 is 2. The van der Waals surface area contributed by atoms with Crippen LogP contribution in [0.4, 0.5) is 0 Å². The Balaban J connectivity index is 1.59. The second-order valence-electron chi connectivity index (χ2n) is 7.75. The van der Waals surface area contributed by atoms with Gasteiger partial charge in [0, 0.05) is 5.56 Å². The van der Waals surface area contributed by atoms with Gasteiger partial charge < -0.3 is 18.9 Å². The lowest BCUT2D eigenvalue weighted by Gasteiger charge is -2.09. The third-order valence-electron chi connectivity index (χ3n) is 5.36. The molecule has 0 unspecified atom stereocenters. The standard InChI is InChI=1S/C27H32O5/c1-4-5-6-7-8-9-16-31-23-13-10-20(11-14-23)17-22-19-25(32-27(22)28)21-12-15-24(29-2)26(18-21)30-3/h10-15,17-19H,4-9,16H2,1-3H3/b22-17-. The molecule has 1 heterocycles. The lowest BCUT2D eigenvalue weighted by Crippen LogP contribution is -1.98. The molecule has 0 amide bonds. The van der Waals surface area contributed by atoms with Gasteiger partial charge in [0.1, 0.15) is 11.5 Å². The largest absolute Gasteiger partial charge is 0.494 e. The summed E-state index contributed by atoms with van der Waals surface area (Å²) in [6.07, 6.45) is 11.0. The van der Waals surface area contributed by atoms with Crippen molar-refractivity contribution in [2.75, 3.05) is 20.8 Å². The summed E-state index contributed by atoms with van der Waals surface area (Å²) in [5, 5.41) is 0. The minimum absolute atomic E-state index is 0.377. The fourth-order valence-electron chi connectivity index (χ4n) is 3.53. The van der Waals surface area contributed by atoms with Crippen LogP contribution in [0.3, 0.4) is 0 Å². The van der Waals surface area contributed by atoms with Gasteiger partial charge in [-0.1, -0.05) is 51.2 Å². The molecule has 0 aromatic heterocycles. The fraction of sp³-hybridized carbons (Fsp3) is 0.370. The van der Waals surface area contributed by atoms with Gasteiger partial charge in [-0.15, -0.1) is 0 Å². The Morgan fingerprint density at radius 1 is 0.875 bits per heavy atom. The van der Waals surface area contributed by atoms with Gasteiger partial charge in [-0.3, -0.25) is 0 Å². The van der Waals surface area contributed by atoms with Crippen LogP contribution in [0.1, 0.15) is 56.6 Å². The normalized spacial score (nSPS) is 14.3. The zero-order chi connectivity index (χ0) is 22.8. The highest BCUT2D eigenvalue weighted by Gasteiger charge is 2.23. The number of benzene rings is 2. The van der Waals surface area contributed by atoms with E-state index >= 15 is 0 Å². The van der Waals surface area contributed by atoms with Gasteiger partial charge in [-0.25, -0.2) is 4.79 Å². The molecule has 1 aliphatic rings. The van der Waals surface area contributed by atoms with Crippen molar-refractivity contribution >= 4 is 17.8 Å².